The van der Waals surface area contributed by atoms with Crippen molar-refractivity contribution < 1.29 is 9.59 Å². The first-order chi connectivity index (χ1) is 17.1. The normalized spacial score (nSPS) is 15.7. The maximum Gasteiger partial charge on any atom is 0.256 e. The summed E-state index contributed by atoms with van der Waals surface area (Å²) in [6.45, 7) is 2.51. The first-order valence-electron chi connectivity index (χ1n) is 11.5. The molecule has 4 aromatic rings. The number of carbonyl (C=O) groups excluding carboxylic acids is 2. The Balaban J connectivity index is 1.50. The van der Waals surface area contributed by atoms with Gasteiger partial charge in [0.1, 0.15) is 28.7 Å². The number of allylic oxidation sites excluding steroid dienone is 1. The summed E-state index contributed by atoms with van der Waals surface area (Å²) in [4.78, 5) is 40.5. The van der Waals surface area contributed by atoms with Gasteiger partial charge in [-0.1, -0.05) is 24.3 Å². The average Bonchev–Trinajstić information content (AvgIpc) is 3.51. The van der Waals surface area contributed by atoms with Crippen LogP contribution in [0.2, 0.25) is 0 Å². The largest absolute Gasteiger partial charge is 0.382 e. The van der Waals surface area contributed by atoms with Crippen molar-refractivity contribution >= 4 is 29.0 Å². The monoisotopic (exact) mass is 467 g/mol. The summed E-state index contributed by atoms with van der Waals surface area (Å²) in [5, 5.41) is 2.78. The number of amides is 2. The second-order valence-corrected chi connectivity index (χ2v) is 8.29. The number of hydrogen-bond acceptors (Lipinski definition) is 6. The smallest absolute Gasteiger partial charge is 0.256 e. The van der Waals surface area contributed by atoms with Gasteiger partial charge in [0.05, 0.1) is 6.04 Å². The fourth-order valence-corrected chi connectivity index (χ4v) is 4.47. The lowest BCUT2D eigenvalue weighted by molar-refractivity contribution is -0.127. The zero-order chi connectivity index (χ0) is 24.4. The van der Waals surface area contributed by atoms with Crippen molar-refractivity contribution in [2.45, 2.75) is 25.8 Å². The molecule has 0 spiro atoms. The summed E-state index contributed by atoms with van der Waals surface area (Å²) in [6, 6.07) is 12.3. The van der Waals surface area contributed by atoms with Gasteiger partial charge in [0.2, 0.25) is 5.91 Å². The first-order valence-corrected chi connectivity index (χ1v) is 11.5. The molecule has 35 heavy (non-hydrogen) atoms. The maximum atomic E-state index is 12.7. The molecule has 0 saturated carbocycles. The molecule has 176 valence electrons. The van der Waals surface area contributed by atoms with E-state index in [1.54, 1.807) is 48.8 Å². The Morgan fingerprint density at radius 3 is 2.69 bits per heavy atom. The molecule has 1 fully saturated rings. The van der Waals surface area contributed by atoms with Gasteiger partial charge in [0.15, 0.2) is 0 Å². The zero-order valence-electron chi connectivity index (χ0n) is 19.3. The van der Waals surface area contributed by atoms with E-state index in [-0.39, 0.29) is 17.9 Å². The molecular formula is C26H25N7O2. The lowest BCUT2D eigenvalue weighted by Gasteiger charge is -2.22. The second kappa shape index (κ2) is 9.38. The molecule has 0 aliphatic carbocycles. The molecular weight excluding hydrogens is 442 g/mol. The number of anilines is 2. The van der Waals surface area contributed by atoms with Crippen molar-refractivity contribution in [2.75, 3.05) is 17.6 Å². The first kappa shape index (κ1) is 22.3. The van der Waals surface area contributed by atoms with Crippen LogP contribution in [-0.4, -0.2) is 42.6 Å². The third-order valence-corrected chi connectivity index (χ3v) is 6.08. The number of benzene rings is 1. The van der Waals surface area contributed by atoms with Gasteiger partial charge in [-0.2, -0.15) is 0 Å². The lowest BCUT2D eigenvalue weighted by Crippen LogP contribution is -2.30. The predicted molar refractivity (Wildman–Crippen MR) is 134 cm³/mol. The fourth-order valence-electron chi connectivity index (χ4n) is 4.47. The summed E-state index contributed by atoms with van der Waals surface area (Å²) in [5.41, 5.74) is 8.91. The number of nitrogens with two attached hydrogens (primary N) is 1. The summed E-state index contributed by atoms with van der Waals surface area (Å²) in [7, 11) is 0. The van der Waals surface area contributed by atoms with E-state index in [4.69, 9.17) is 10.7 Å². The molecule has 1 atom stereocenters. The van der Waals surface area contributed by atoms with Gasteiger partial charge in [-0.3, -0.25) is 14.0 Å². The Labute approximate surface area is 202 Å². The molecule has 1 saturated heterocycles. The van der Waals surface area contributed by atoms with Gasteiger partial charge in [-0.05, 0) is 50.1 Å². The van der Waals surface area contributed by atoms with Gasteiger partial charge in [-0.15, -0.1) is 0 Å². The van der Waals surface area contributed by atoms with Crippen LogP contribution in [0.25, 0.3) is 16.8 Å². The van der Waals surface area contributed by atoms with E-state index in [0.717, 1.165) is 24.2 Å². The van der Waals surface area contributed by atoms with Crippen LogP contribution >= 0.6 is 0 Å². The van der Waals surface area contributed by atoms with E-state index in [1.165, 1.54) is 0 Å². The van der Waals surface area contributed by atoms with E-state index >= 15 is 0 Å². The Bertz CT molecular complexity index is 1410. The van der Waals surface area contributed by atoms with Crippen LogP contribution in [0.4, 0.5) is 11.6 Å². The number of hydrogen-bond donors (Lipinski definition) is 2. The van der Waals surface area contributed by atoms with Gasteiger partial charge in [0, 0.05) is 36.3 Å². The molecule has 9 heteroatoms. The van der Waals surface area contributed by atoms with Gasteiger partial charge >= 0.3 is 0 Å². The van der Waals surface area contributed by atoms with Crippen LogP contribution in [0.15, 0.2) is 73.2 Å². The van der Waals surface area contributed by atoms with Crippen LogP contribution in [0, 0.1) is 0 Å². The summed E-state index contributed by atoms with van der Waals surface area (Å²) < 4.78 is 1.92. The molecule has 3 N–H and O–H groups in total. The topological polar surface area (TPSA) is 119 Å². The number of aromatic nitrogens is 4. The van der Waals surface area contributed by atoms with Crippen LogP contribution < -0.4 is 11.1 Å². The van der Waals surface area contributed by atoms with Crippen molar-refractivity contribution in [3.05, 3.63) is 84.6 Å². The quantitative estimate of drug-likeness (QED) is 0.430. The fraction of sp³-hybridized carbons (Fsp3) is 0.192. The van der Waals surface area contributed by atoms with Crippen LogP contribution in [0.5, 0.6) is 0 Å². The molecule has 0 bridgehead atoms. The van der Waals surface area contributed by atoms with Crippen molar-refractivity contribution in [3.63, 3.8) is 0 Å². The van der Waals surface area contributed by atoms with E-state index in [9.17, 15) is 9.59 Å². The molecule has 1 aliphatic heterocycles. The third-order valence-electron chi connectivity index (χ3n) is 6.08. The summed E-state index contributed by atoms with van der Waals surface area (Å²) >= 11 is 0. The lowest BCUT2D eigenvalue weighted by atomic mass is 10.1. The van der Waals surface area contributed by atoms with E-state index < -0.39 is 0 Å². The van der Waals surface area contributed by atoms with E-state index in [0.29, 0.717) is 35.0 Å². The number of nitrogens with zero attached hydrogens (tertiary/aromatic N) is 5. The number of nitrogens with one attached hydrogen (secondary N) is 1. The number of fused-ring (bicyclic) bond motifs is 1. The molecule has 3 aromatic heterocycles. The highest BCUT2D eigenvalue weighted by Gasteiger charge is 2.33. The van der Waals surface area contributed by atoms with E-state index in [2.05, 4.69) is 15.3 Å². The van der Waals surface area contributed by atoms with Crippen LogP contribution in [0.3, 0.4) is 0 Å². The number of pyridine rings is 1. The zero-order valence-corrected chi connectivity index (χ0v) is 19.3. The minimum atomic E-state index is -0.254. The van der Waals surface area contributed by atoms with Crippen LogP contribution in [-0.2, 0) is 4.79 Å². The molecule has 9 nitrogen and oxygen atoms in total. The Hall–Kier alpha value is -4.53. The highest BCUT2D eigenvalue weighted by atomic mass is 16.2. The van der Waals surface area contributed by atoms with Crippen molar-refractivity contribution in [2.24, 2.45) is 0 Å². The summed E-state index contributed by atoms with van der Waals surface area (Å²) in [5.74, 6) is 1.30. The Morgan fingerprint density at radius 1 is 1.11 bits per heavy atom. The molecule has 1 aromatic carbocycles. The molecule has 2 amide bonds. The van der Waals surface area contributed by atoms with Gasteiger partial charge < -0.3 is 16.0 Å². The van der Waals surface area contributed by atoms with Crippen molar-refractivity contribution in [1.29, 1.82) is 0 Å². The molecule has 4 heterocycles. The number of carbonyl (C=O) groups is 2. The number of imidazole rings is 1. The maximum absolute atomic E-state index is 12.7. The molecule has 0 radical (unpaired) electrons. The molecule has 5 rings (SSSR count). The van der Waals surface area contributed by atoms with Crippen molar-refractivity contribution in [3.8, 4) is 11.3 Å². The Morgan fingerprint density at radius 2 is 1.94 bits per heavy atom. The Kier molecular flexibility index (Phi) is 5.97. The minimum Gasteiger partial charge on any atom is -0.382 e. The standard InChI is InChI=1S/C26H25N7O2/c1-2-6-21(34)32-15-5-7-19(32)25-31-22(23-24(27)29-14-16-33(23)25)17-9-11-18(12-10-17)26(35)30-20-8-3-4-13-28-20/h2-4,6,8-14,16,19H,5,7,15H2,1H3,(H2,27,29)(H,28,30,35). The third kappa shape index (κ3) is 4.23. The number of rotatable bonds is 5. The van der Waals surface area contributed by atoms with Crippen molar-refractivity contribution in [1.82, 2.24) is 24.3 Å². The van der Waals surface area contributed by atoms with Crippen LogP contribution in [0.1, 0.15) is 42.0 Å². The number of nitrogen functional groups attached to an aromatic ring is 1. The number of likely N-dealkylation sites (tertiary alicyclic amines) is 1. The summed E-state index contributed by atoms with van der Waals surface area (Å²) in [6.07, 6.45) is 10.1. The molecule has 1 aliphatic rings. The minimum absolute atomic E-state index is 0.0291. The van der Waals surface area contributed by atoms with Gasteiger partial charge in [0.25, 0.3) is 5.91 Å². The van der Waals surface area contributed by atoms with Gasteiger partial charge in [-0.25, -0.2) is 15.0 Å². The second-order valence-electron chi connectivity index (χ2n) is 8.29. The highest BCUT2D eigenvalue weighted by molar-refractivity contribution is 6.04. The highest BCUT2D eigenvalue weighted by Crippen LogP contribution is 2.36. The van der Waals surface area contributed by atoms with E-state index in [1.807, 2.05) is 40.6 Å². The SMILES string of the molecule is CC=CC(=O)N1CCCC1c1nc(-c2ccc(C(=O)Nc3ccccn3)cc2)c2c(N)nccn12. The average molecular weight is 468 g/mol. The predicted octanol–water partition coefficient (Wildman–Crippen LogP) is 3.87. The molecule has 1 unspecified atom stereocenters.